The number of aromatic nitrogens is 3. The minimum absolute atomic E-state index is 0.175. The number of fused-ring (bicyclic) bond motifs is 1. The number of benzene rings is 3. The van der Waals surface area contributed by atoms with E-state index in [1.807, 2.05) is 36.4 Å². The fourth-order valence-electron chi connectivity index (χ4n) is 3.97. The number of H-pyrrole nitrogens is 1. The highest BCUT2D eigenvalue weighted by Crippen LogP contribution is 2.40. The van der Waals surface area contributed by atoms with Crippen LogP contribution in [0.1, 0.15) is 16.1 Å². The molecule has 0 fully saturated rings. The van der Waals surface area contributed by atoms with Crippen molar-refractivity contribution in [2.24, 2.45) is 0 Å². The van der Waals surface area contributed by atoms with E-state index in [1.54, 1.807) is 35.2 Å². The van der Waals surface area contributed by atoms with E-state index in [0.29, 0.717) is 38.1 Å². The van der Waals surface area contributed by atoms with Crippen molar-refractivity contribution in [3.63, 3.8) is 0 Å². The number of hydrogen-bond acceptors (Lipinski definition) is 2. The van der Waals surface area contributed by atoms with Crippen molar-refractivity contribution in [2.45, 2.75) is 6.54 Å². The van der Waals surface area contributed by atoms with Crippen LogP contribution >= 0.6 is 34.8 Å². The average Bonchev–Trinajstić information content (AvgIpc) is 3.37. The van der Waals surface area contributed by atoms with E-state index in [4.69, 9.17) is 34.8 Å². The first kappa shape index (κ1) is 21.7. The second kappa shape index (κ2) is 8.67. The Balaban J connectivity index is 1.80. The Hall–Kier alpha value is -3.12. The van der Waals surface area contributed by atoms with Gasteiger partial charge in [0, 0.05) is 37.6 Å². The second-order valence-electron chi connectivity index (χ2n) is 7.51. The SMILES string of the molecule is O=C(Cl)c1[nH]c2cc(Cl)ccc2c1-c1c(-c2ccccc2)ncn1Cc1ccc(Cl)cc1F. The number of imidazole rings is 1. The van der Waals surface area contributed by atoms with E-state index in [-0.39, 0.29) is 12.2 Å². The molecule has 4 nitrogen and oxygen atoms in total. The summed E-state index contributed by atoms with van der Waals surface area (Å²) in [5.41, 5.74) is 3.99. The highest BCUT2D eigenvalue weighted by atomic mass is 35.5. The predicted octanol–water partition coefficient (Wildman–Crippen LogP) is 7.57. The van der Waals surface area contributed by atoms with Gasteiger partial charge in [-0.3, -0.25) is 4.79 Å². The van der Waals surface area contributed by atoms with Crippen molar-refractivity contribution < 1.29 is 9.18 Å². The van der Waals surface area contributed by atoms with Gasteiger partial charge < -0.3 is 9.55 Å². The molecule has 2 heterocycles. The molecule has 0 radical (unpaired) electrons. The molecule has 3 aromatic carbocycles. The topological polar surface area (TPSA) is 50.7 Å². The smallest absolute Gasteiger partial charge is 0.269 e. The lowest BCUT2D eigenvalue weighted by Crippen LogP contribution is -2.05. The zero-order valence-electron chi connectivity index (χ0n) is 16.9. The lowest BCUT2D eigenvalue weighted by atomic mass is 10.0. The van der Waals surface area contributed by atoms with Crippen LogP contribution in [0.25, 0.3) is 33.4 Å². The number of rotatable bonds is 5. The largest absolute Gasteiger partial charge is 0.350 e. The summed E-state index contributed by atoms with van der Waals surface area (Å²) in [5.74, 6) is -0.428. The summed E-state index contributed by atoms with van der Waals surface area (Å²) >= 11 is 18.1. The highest BCUT2D eigenvalue weighted by molar-refractivity contribution is 6.68. The first-order valence-corrected chi connectivity index (χ1v) is 11.1. The number of hydrogen-bond donors (Lipinski definition) is 1. The number of nitrogens with one attached hydrogen (secondary N) is 1. The molecular weight excluding hydrogens is 484 g/mol. The summed E-state index contributed by atoms with van der Waals surface area (Å²) in [6.07, 6.45) is 1.63. The van der Waals surface area contributed by atoms with E-state index in [0.717, 1.165) is 10.9 Å². The number of carbonyl (C=O) groups excluding carboxylic acids is 1. The van der Waals surface area contributed by atoms with Crippen LogP contribution in [0.15, 0.2) is 73.1 Å². The minimum Gasteiger partial charge on any atom is -0.350 e. The number of aromatic amines is 1. The summed E-state index contributed by atoms with van der Waals surface area (Å²) < 4.78 is 16.4. The molecule has 0 aliphatic heterocycles. The summed E-state index contributed by atoms with van der Waals surface area (Å²) in [6, 6.07) is 19.4. The van der Waals surface area contributed by atoms with Gasteiger partial charge in [0.25, 0.3) is 5.24 Å². The number of nitrogens with zero attached hydrogens (tertiary/aromatic N) is 2. The molecule has 0 saturated heterocycles. The Bertz CT molecular complexity index is 1510. The third-order valence-corrected chi connectivity index (χ3v) is 6.09. The van der Waals surface area contributed by atoms with Crippen LogP contribution < -0.4 is 0 Å². The van der Waals surface area contributed by atoms with Crippen LogP contribution in [0, 0.1) is 5.82 Å². The summed E-state index contributed by atoms with van der Waals surface area (Å²) in [4.78, 5) is 20.1. The van der Waals surface area contributed by atoms with Gasteiger partial charge in [0.1, 0.15) is 11.5 Å². The van der Waals surface area contributed by atoms with Crippen molar-refractivity contribution in [2.75, 3.05) is 0 Å². The quantitative estimate of drug-likeness (QED) is 0.254. The second-order valence-corrected chi connectivity index (χ2v) is 8.73. The molecular formula is C25H15Cl3FN3O. The Labute approximate surface area is 203 Å². The first-order chi connectivity index (χ1) is 15.9. The van der Waals surface area contributed by atoms with E-state index in [2.05, 4.69) is 9.97 Å². The molecule has 5 rings (SSSR count). The molecule has 0 saturated carbocycles. The molecule has 0 spiro atoms. The van der Waals surface area contributed by atoms with Crippen molar-refractivity contribution in [1.82, 2.24) is 14.5 Å². The molecule has 1 N–H and O–H groups in total. The van der Waals surface area contributed by atoms with Gasteiger partial charge in [0.15, 0.2) is 0 Å². The maximum Gasteiger partial charge on any atom is 0.269 e. The maximum atomic E-state index is 14.6. The summed E-state index contributed by atoms with van der Waals surface area (Å²) in [6.45, 7) is 0.175. The standard InChI is InChI=1S/C25H15Cl3FN3O/c26-16-7-6-15(19(29)10-16)12-32-13-30-22(14-4-2-1-3-5-14)24(32)21-18-9-8-17(27)11-20(18)31-23(21)25(28)33/h1-11,13,31H,12H2. The van der Waals surface area contributed by atoms with E-state index < -0.39 is 11.1 Å². The first-order valence-electron chi connectivity index (χ1n) is 9.98. The Morgan fingerprint density at radius 2 is 1.73 bits per heavy atom. The molecule has 0 aliphatic rings. The molecule has 8 heteroatoms. The van der Waals surface area contributed by atoms with Gasteiger partial charge in [-0.15, -0.1) is 0 Å². The molecule has 5 aromatic rings. The highest BCUT2D eigenvalue weighted by Gasteiger charge is 2.25. The molecule has 0 amide bonds. The molecule has 164 valence electrons. The fourth-order valence-corrected chi connectivity index (χ4v) is 4.44. The van der Waals surface area contributed by atoms with Crippen LogP contribution in [0.4, 0.5) is 4.39 Å². The Kier molecular flexibility index (Phi) is 5.71. The predicted molar refractivity (Wildman–Crippen MR) is 131 cm³/mol. The van der Waals surface area contributed by atoms with Crippen molar-refractivity contribution in [1.29, 1.82) is 0 Å². The molecule has 2 aromatic heterocycles. The number of halogens is 4. The lowest BCUT2D eigenvalue weighted by molar-refractivity contribution is 0.107. The van der Waals surface area contributed by atoms with Crippen LogP contribution in [-0.2, 0) is 6.54 Å². The van der Waals surface area contributed by atoms with Crippen molar-refractivity contribution in [3.8, 4) is 22.5 Å². The zero-order chi connectivity index (χ0) is 23.1. The molecule has 0 aliphatic carbocycles. The van der Waals surface area contributed by atoms with E-state index >= 15 is 0 Å². The van der Waals surface area contributed by atoms with Gasteiger partial charge in [-0.05, 0) is 35.9 Å². The Morgan fingerprint density at radius 3 is 2.45 bits per heavy atom. The molecule has 0 unspecified atom stereocenters. The minimum atomic E-state index is -0.651. The van der Waals surface area contributed by atoms with Crippen molar-refractivity contribution >= 4 is 50.9 Å². The third kappa shape index (κ3) is 4.04. The van der Waals surface area contributed by atoms with Gasteiger partial charge >= 0.3 is 0 Å². The third-order valence-electron chi connectivity index (χ3n) is 5.43. The molecule has 0 atom stereocenters. The normalized spacial score (nSPS) is 11.3. The van der Waals surface area contributed by atoms with Crippen LogP contribution in [0.3, 0.4) is 0 Å². The fraction of sp³-hybridized carbons (Fsp3) is 0.0400. The monoisotopic (exact) mass is 497 g/mol. The molecule has 33 heavy (non-hydrogen) atoms. The summed E-state index contributed by atoms with van der Waals surface area (Å²) in [5, 5.41) is 0.931. The van der Waals surface area contributed by atoms with Gasteiger partial charge in [0.2, 0.25) is 0 Å². The Morgan fingerprint density at radius 1 is 1.00 bits per heavy atom. The lowest BCUT2D eigenvalue weighted by Gasteiger charge is -2.12. The van der Waals surface area contributed by atoms with Gasteiger partial charge in [-0.2, -0.15) is 0 Å². The van der Waals surface area contributed by atoms with Crippen LogP contribution in [0.2, 0.25) is 10.0 Å². The van der Waals surface area contributed by atoms with E-state index in [9.17, 15) is 9.18 Å². The van der Waals surface area contributed by atoms with Gasteiger partial charge in [0.05, 0.1) is 24.3 Å². The summed E-state index contributed by atoms with van der Waals surface area (Å²) in [7, 11) is 0. The van der Waals surface area contributed by atoms with Gasteiger partial charge in [-0.1, -0.05) is 65.7 Å². The maximum absolute atomic E-state index is 14.6. The average molecular weight is 499 g/mol. The number of carbonyl (C=O) groups is 1. The van der Waals surface area contributed by atoms with Crippen molar-refractivity contribution in [3.05, 3.63) is 100 Å². The van der Waals surface area contributed by atoms with E-state index in [1.165, 1.54) is 6.07 Å². The van der Waals surface area contributed by atoms with Crippen LogP contribution in [0.5, 0.6) is 0 Å². The van der Waals surface area contributed by atoms with Crippen LogP contribution in [-0.4, -0.2) is 19.8 Å². The van der Waals surface area contributed by atoms with Gasteiger partial charge in [-0.25, -0.2) is 9.37 Å². The molecule has 0 bridgehead atoms. The zero-order valence-corrected chi connectivity index (χ0v) is 19.2.